The van der Waals surface area contributed by atoms with Gasteiger partial charge in [0.1, 0.15) is 6.61 Å². The van der Waals surface area contributed by atoms with Gasteiger partial charge in [0.2, 0.25) is 0 Å². The van der Waals surface area contributed by atoms with Crippen LogP contribution in [0.1, 0.15) is 17.4 Å². The van der Waals surface area contributed by atoms with Crippen LogP contribution in [0.15, 0.2) is 89.9 Å². The molecule has 4 nitrogen and oxygen atoms in total. The average Bonchev–Trinajstić information content (AvgIpc) is 3.27. The van der Waals surface area contributed by atoms with Crippen LogP contribution < -0.4 is 9.47 Å². The first-order valence-corrected chi connectivity index (χ1v) is 9.13. The van der Waals surface area contributed by atoms with Crippen molar-refractivity contribution in [2.45, 2.75) is 12.8 Å². The van der Waals surface area contributed by atoms with E-state index in [1.54, 1.807) is 0 Å². The van der Waals surface area contributed by atoms with Crippen molar-refractivity contribution in [2.24, 2.45) is 4.99 Å². The fraction of sp³-hybridized carbons (Fsp3) is 0.174. The van der Waals surface area contributed by atoms with Crippen molar-refractivity contribution in [3.05, 3.63) is 96.1 Å². The summed E-state index contributed by atoms with van der Waals surface area (Å²) in [7, 11) is 0. The van der Waals surface area contributed by atoms with Gasteiger partial charge in [0.25, 0.3) is 0 Å². The second-order valence-corrected chi connectivity index (χ2v) is 6.36. The Bertz CT molecular complexity index is 881. The Balaban J connectivity index is 1.55. The highest BCUT2D eigenvalue weighted by Crippen LogP contribution is 2.33. The van der Waals surface area contributed by atoms with Crippen molar-refractivity contribution in [1.29, 1.82) is 0 Å². The van der Waals surface area contributed by atoms with Crippen LogP contribution in [-0.2, 0) is 6.61 Å². The maximum atomic E-state index is 6.41. The van der Waals surface area contributed by atoms with E-state index in [0.29, 0.717) is 6.61 Å². The Labute approximate surface area is 159 Å². The molecule has 1 aliphatic rings. The van der Waals surface area contributed by atoms with Crippen molar-refractivity contribution in [1.82, 2.24) is 4.90 Å². The molecule has 0 amide bonds. The third kappa shape index (κ3) is 4.29. The molecule has 4 rings (SSSR count). The van der Waals surface area contributed by atoms with E-state index in [1.165, 1.54) is 0 Å². The van der Waals surface area contributed by atoms with Crippen LogP contribution in [0.25, 0.3) is 0 Å². The van der Waals surface area contributed by atoms with Crippen LogP contribution in [0, 0.1) is 0 Å². The number of hydrogen-bond acceptors (Lipinski definition) is 4. The molecule has 0 radical (unpaired) electrons. The standard InChI is InChI=1S/C23H22N2O2/c1-3-9-19(10-4-1)17-26-21-13-7-8-14-22(21)27-23(25-16-15-24-18-25)20-11-5-2-6-12-20/h1-14,18,23H,15-17H2. The third-order valence-corrected chi connectivity index (χ3v) is 4.43. The van der Waals surface area contributed by atoms with Crippen molar-refractivity contribution in [3.63, 3.8) is 0 Å². The predicted octanol–water partition coefficient (Wildman–Crippen LogP) is 4.69. The molecule has 0 saturated carbocycles. The molecule has 1 aliphatic heterocycles. The van der Waals surface area contributed by atoms with Crippen LogP contribution in [-0.4, -0.2) is 24.3 Å². The molecule has 1 atom stereocenters. The number of aliphatic imine (C=N–C) groups is 1. The zero-order chi connectivity index (χ0) is 18.3. The van der Waals surface area contributed by atoms with Crippen LogP contribution in [0.2, 0.25) is 0 Å². The monoisotopic (exact) mass is 358 g/mol. The summed E-state index contributed by atoms with van der Waals surface area (Å²) in [4.78, 5) is 6.46. The zero-order valence-corrected chi connectivity index (χ0v) is 15.1. The highest BCUT2D eigenvalue weighted by atomic mass is 16.5. The second-order valence-electron chi connectivity index (χ2n) is 6.36. The summed E-state index contributed by atoms with van der Waals surface area (Å²) >= 11 is 0. The number of hydrogen-bond donors (Lipinski definition) is 0. The minimum atomic E-state index is -0.237. The number of nitrogens with zero attached hydrogens (tertiary/aromatic N) is 2. The number of para-hydroxylation sites is 2. The molecule has 27 heavy (non-hydrogen) atoms. The summed E-state index contributed by atoms with van der Waals surface area (Å²) < 4.78 is 12.5. The molecule has 136 valence electrons. The summed E-state index contributed by atoms with van der Waals surface area (Å²) in [5, 5.41) is 0. The van der Waals surface area contributed by atoms with E-state index in [4.69, 9.17) is 9.47 Å². The number of ether oxygens (including phenoxy) is 2. The quantitative estimate of drug-likeness (QED) is 0.615. The molecule has 0 saturated heterocycles. The van der Waals surface area contributed by atoms with Gasteiger partial charge in [-0.3, -0.25) is 4.99 Å². The van der Waals surface area contributed by atoms with Gasteiger partial charge in [-0.15, -0.1) is 0 Å². The van der Waals surface area contributed by atoms with E-state index in [2.05, 4.69) is 34.2 Å². The van der Waals surface area contributed by atoms with Gasteiger partial charge in [-0.1, -0.05) is 72.8 Å². The van der Waals surface area contributed by atoms with Crippen molar-refractivity contribution < 1.29 is 9.47 Å². The van der Waals surface area contributed by atoms with Gasteiger partial charge < -0.3 is 14.4 Å². The Morgan fingerprint density at radius 1 is 0.815 bits per heavy atom. The van der Waals surface area contributed by atoms with Crippen molar-refractivity contribution in [2.75, 3.05) is 13.1 Å². The number of rotatable bonds is 7. The predicted molar refractivity (Wildman–Crippen MR) is 107 cm³/mol. The van der Waals surface area contributed by atoms with Gasteiger partial charge in [0.15, 0.2) is 17.7 Å². The molecule has 3 aromatic rings. The largest absolute Gasteiger partial charge is 0.485 e. The summed E-state index contributed by atoms with van der Waals surface area (Å²) in [5.41, 5.74) is 2.21. The van der Waals surface area contributed by atoms with Gasteiger partial charge in [0, 0.05) is 12.1 Å². The fourth-order valence-electron chi connectivity index (χ4n) is 3.04. The average molecular weight is 358 g/mol. The molecule has 0 fully saturated rings. The van der Waals surface area contributed by atoms with Crippen LogP contribution in [0.4, 0.5) is 0 Å². The molecule has 0 aromatic heterocycles. The van der Waals surface area contributed by atoms with E-state index in [-0.39, 0.29) is 6.23 Å². The van der Waals surface area contributed by atoms with Crippen molar-refractivity contribution in [3.8, 4) is 11.5 Å². The Hall–Kier alpha value is -3.27. The molecular formula is C23H22N2O2. The Morgan fingerprint density at radius 2 is 1.48 bits per heavy atom. The molecule has 1 heterocycles. The highest BCUT2D eigenvalue weighted by molar-refractivity contribution is 5.58. The van der Waals surface area contributed by atoms with Crippen molar-refractivity contribution >= 4 is 6.34 Å². The van der Waals surface area contributed by atoms with Crippen LogP contribution in [0.3, 0.4) is 0 Å². The Morgan fingerprint density at radius 3 is 2.19 bits per heavy atom. The van der Waals surface area contributed by atoms with Gasteiger partial charge in [-0.05, 0) is 17.7 Å². The van der Waals surface area contributed by atoms with E-state index in [9.17, 15) is 0 Å². The summed E-state index contributed by atoms with van der Waals surface area (Å²) in [5.74, 6) is 1.46. The second kappa shape index (κ2) is 8.41. The normalized spacial score (nSPS) is 14.1. The third-order valence-electron chi connectivity index (χ3n) is 4.43. The van der Waals surface area contributed by atoms with Crippen LogP contribution in [0.5, 0.6) is 11.5 Å². The van der Waals surface area contributed by atoms with E-state index >= 15 is 0 Å². The molecule has 0 aliphatic carbocycles. The smallest absolute Gasteiger partial charge is 0.199 e. The maximum Gasteiger partial charge on any atom is 0.199 e. The first kappa shape index (κ1) is 17.2. The SMILES string of the molecule is C1=NCCN1C(Oc1ccccc1OCc1ccccc1)c1ccccc1. The summed E-state index contributed by atoms with van der Waals surface area (Å²) in [6, 6.07) is 28.2. The molecule has 0 N–H and O–H groups in total. The molecular weight excluding hydrogens is 336 g/mol. The topological polar surface area (TPSA) is 34.1 Å². The summed E-state index contributed by atoms with van der Waals surface area (Å²) in [6.45, 7) is 2.13. The lowest BCUT2D eigenvalue weighted by Crippen LogP contribution is -2.30. The van der Waals surface area contributed by atoms with E-state index < -0.39 is 0 Å². The lowest BCUT2D eigenvalue weighted by atomic mass is 10.2. The van der Waals surface area contributed by atoms with Gasteiger partial charge in [-0.25, -0.2) is 0 Å². The summed E-state index contributed by atoms with van der Waals surface area (Å²) in [6.07, 6.45) is 1.63. The minimum absolute atomic E-state index is 0.237. The lowest BCUT2D eigenvalue weighted by molar-refractivity contribution is 0.0835. The minimum Gasteiger partial charge on any atom is -0.485 e. The van der Waals surface area contributed by atoms with E-state index in [0.717, 1.165) is 35.7 Å². The lowest BCUT2D eigenvalue weighted by Gasteiger charge is -2.28. The maximum absolute atomic E-state index is 6.41. The molecule has 0 spiro atoms. The number of benzene rings is 3. The van der Waals surface area contributed by atoms with Gasteiger partial charge >= 0.3 is 0 Å². The van der Waals surface area contributed by atoms with Gasteiger partial charge in [-0.2, -0.15) is 0 Å². The molecule has 0 bridgehead atoms. The Kier molecular flexibility index (Phi) is 5.34. The van der Waals surface area contributed by atoms with Gasteiger partial charge in [0.05, 0.1) is 12.9 Å². The first-order chi connectivity index (χ1) is 13.4. The molecule has 3 aromatic carbocycles. The highest BCUT2D eigenvalue weighted by Gasteiger charge is 2.23. The fourth-order valence-corrected chi connectivity index (χ4v) is 3.04. The first-order valence-electron chi connectivity index (χ1n) is 9.13. The van der Waals surface area contributed by atoms with E-state index in [1.807, 2.05) is 67.0 Å². The molecule has 4 heteroatoms. The zero-order valence-electron chi connectivity index (χ0n) is 15.1. The van der Waals surface area contributed by atoms with Crippen LogP contribution >= 0.6 is 0 Å². The molecule has 1 unspecified atom stereocenters.